The van der Waals surface area contributed by atoms with Crippen LogP contribution in [0.15, 0.2) is 24.4 Å². The van der Waals surface area contributed by atoms with E-state index in [2.05, 4.69) is 31.1 Å². The summed E-state index contributed by atoms with van der Waals surface area (Å²) in [6.07, 6.45) is 8.23. The first-order valence-electron chi connectivity index (χ1n) is 3.77. The molecule has 0 aliphatic heterocycles. The number of hydrogen-bond donors (Lipinski definition) is 0. The van der Waals surface area contributed by atoms with E-state index in [9.17, 15) is 0 Å². The summed E-state index contributed by atoms with van der Waals surface area (Å²) in [4.78, 5) is 4.14. The minimum absolute atomic E-state index is 0.998. The molecule has 64 valence electrons. The van der Waals surface area contributed by atoms with Crippen LogP contribution >= 0.6 is 0 Å². The molecule has 0 fully saturated rings. The van der Waals surface area contributed by atoms with Crippen molar-refractivity contribution in [3.05, 3.63) is 24.4 Å². The molecule has 0 radical (unpaired) electrons. The molecular weight excluding hydrogens is 136 g/mol. The predicted octanol–water partition coefficient (Wildman–Crippen LogP) is 1.18. The molecule has 0 spiro atoms. The first-order valence-corrected chi connectivity index (χ1v) is 3.77. The molecule has 0 atom stereocenters. The zero-order valence-electron chi connectivity index (χ0n) is 7.91. The van der Waals surface area contributed by atoms with Crippen LogP contribution in [0, 0.1) is 0 Å². The Morgan fingerprint density at radius 1 is 1.00 bits per heavy atom. The summed E-state index contributed by atoms with van der Waals surface area (Å²) in [5.74, 6) is 0. The number of likely N-dealkylation sites (N-methyl/N-ethyl adjacent to an activating group) is 1. The standard InChI is InChI=1S/C9H18N2/c1-10(2)8-6-5-7-9-11(3)4/h5-8H,9H2,1-4H3. The van der Waals surface area contributed by atoms with Crippen LogP contribution in [-0.4, -0.2) is 44.5 Å². The molecule has 2 nitrogen and oxygen atoms in total. The van der Waals surface area contributed by atoms with Crippen molar-refractivity contribution < 1.29 is 0 Å². The molecule has 0 aliphatic carbocycles. The van der Waals surface area contributed by atoms with Crippen molar-refractivity contribution in [3.8, 4) is 0 Å². The van der Waals surface area contributed by atoms with Gasteiger partial charge in [0, 0.05) is 20.6 Å². The van der Waals surface area contributed by atoms with Gasteiger partial charge in [-0.05, 0) is 26.4 Å². The van der Waals surface area contributed by atoms with Gasteiger partial charge < -0.3 is 9.80 Å². The molecule has 0 saturated heterocycles. The number of hydrogen-bond acceptors (Lipinski definition) is 2. The fraction of sp³-hybridized carbons (Fsp3) is 0.556. The van der Waals surface area contributed by atoms with Gasteiger partial charge >= 0.3 is 0 Å². The Balaban J connectivity index is 3.44. The maximum Gasteiger partial charge on any atom is 0.0160 e. The first-order chi connectivity index (χ1) is 5.13. The molecule has 11 heavy (non-hydrogen) atoms. The highest BCUT2D eigenvalue weighted by atomic mass is 15.0. The van der Waals surface area contributed by atoms with Gasteiger partial charge in [0.1, 0.15) is 0 Å². The van der Waals surface area contributed by atoms with Crippen LogP contribution in [0.3, 0.4) is 0 Å². The largest absolute Gasteiger partial charge is 0.383 e. The lowest BCUT2D eigenvalue weighted by molar-refractivity contribution is 0.456. The zero-order chi connectivity index (χ0) is 8.69. The Kier molecular flexibility index (Phi) is 5.57. The van der Waals surface area contributed by atoms with Gasteiger partial charge in [-0.3, -0.25) is 0 Å². The Morgan fingerprint density at radius 3 is 2.09 bits per heavy atom. The quantitative estimate of drug-likeness (QED) is 0.561. The van der Waals surface area contributed by atoms with E-state index in [1.165, 1.54) is 0 Å². The molecule has 0 aliphatic rings. The van der Waals surface area contributed by atoms with Gasteiger partial charge in [-0.1, -0.05) is 12.2 Å². The van der Waals surface area contributed by atoms with Gasteiger partial charge in [0.15, 0.2) is 0 Å². The highest BCUT2D eigenvalue weighted by Crippen LogP contribution is 1.81. The second kappa shape index (κ2) is 5.98. The SMILES string of the molecule is CN(C)C=CC=CCN(C)C. The number of rotatable bonds is 4. The maximum atomic E-state index is 2.12. The third kappa shape index (κ3) is 9.24. The molecule has 0 aromatic heterocycles. The molecule has 0 unspecified atom stereocenters. The third-order valence-electron chi connectivity index (χ3n) is 1.10. The summed E-state index contributed by atoms with van der Waals surface area (Å²) in [6.45, 7) is 0.998. The average Bonchev–Trinajstić information content (AvgIpc) is 1.85. The Hall–Kier alpha value is -0.760. The lowest BCUT2D eigenvalue weighted by atomic mass is 10.4. The van der Waals surface area contributed by atoms with E-state index in [1.807, 2.05) is 31.3 Å². The summed E-state index contributed by atoms with van der Waals surface area (Å²) >= 11 is 0. The monoisotopic (exact) mass is 154 g/mol. The average molecular weight is 154 g/mol. The summed E-state index contributed by atoms with van der Waals surface area (Å²) in [6, 6.07) is 0. The highest BCUT2D eigenvalue weighted by Gasteiger charge is 1.79. The van der Waals surface area contributed by atoms with E-state index >= 15 is 0 Å². The predicted molar refractivity (Wildman–Crippen MR) is 50.5 cm³/mol. The molecular formula is C9H18N2. The second-order valence-electron chi connectivity index (χ2n) is 3.00. The van der Waals surface area contributed by atoms with Crippen molar-refractivity contribution in [2.75, 3.05) is 34.7 Å². The molecule has 0 amide bonds. The lowest BCUT2D eigenvalue weighted by Gasteiger charge is -2.03. The van der Waals surface area contributed by atoms with E-state index in [1.54, 1.807) is 0 Å². The summed E-state index contributed by atoms with van der Waals surface area (Å²) in [5.41, 5.74) is 0. The minimum Gasteiger partial charge on any atom is -0.383 e. The Labute approximate surface area is 69.8 Å². The van der Waals surface area contributed by atoms with Crippen molar-refractivity contribution in [1.82, 2.24) is 9.80 Å². The second-order valence-corrected chi connectivity index (χ2v) is 3.00. The maximum absolute atomic E-state index is 2.12. The molecule has 0 rings (SSSR count). The van der Waals surface area contributed by atoms with Gasteiger partial charge in [0.25, 0.3) is 0 Å². The molecule has 2 heteroatoms. The fourth-order valence-corrected chi connectivity index (χ4v) is 0.572. The van der Waals surface area contributed by atoms with Crippen molar-refractivity contribution >= 4 is 0 Å². The van der Waals surface area contributed by atoms with Gasteiger partial charge in [0.05, 0.1) is 0 Å². The van der Waals surface area contributed by atoms with Crippen LogP contribution in [-0.2, 0) is 0 Å². The van der Waals surface area contributed by atoms with E-state index in [4.69, 9.17) is 0 Å². The molecule has 0 N–H and O–H groups in total. The van der Waals surface area contributed by atoms with Crippen molar-refractivity contribution in [3.63, 3.8) is 0 Å². The summed E-state index contributed by atoms with van der Waals surface area (Å²) in [5, 5.41) is 0. The van der Waals surface area contributed by atoms with Crippen molar-refractivity contribution in [1.29, 1.82) is 0 Å². The van der Waals surface area contributed by atoms with Crippen LogP contribution in [0.1, 0.15) is 0 Å². The zero-order valence-corrected chi connectivity index (χ0v) is 7.91. The number of nitrogens with zero attached hydrogens (tertiary/aromatic N) is 2. The van der Waals surface area contributed by atoms with E-state index in [0.29, 0.717) is 0 Å². The summed E-state index contributed by atoms with van der Waals surface area (Å²) < 4.78 is 0. The highest BCUT2D eigenvalue weighted by molar-refractivity contribution is 5.02. The molecule has 0 heterocycles. The molecule has 0 aromatic carbocycles. The van der Waals surface area contributed by atoms with Crippen LogP contribution in [0.25, 0.3) is 0 Å². The first kappa shape index (κ1) is 10.2. The van der Waals surface area contributed by atoms with Crippen LogP contribution in [0.5, 0.6) is 0 Å². The van der Waals surface area contributed by atoms with E-state index < -0.39 is 0 Å². The van der Waals surface area contributed by atoms with Gasteiger partial charge in [-0.2, -0.15) is 0 Å². The van der Waals surface area contributed by atoms with Crippen molar-refractivity contribution in [2.45, 2.75) is 0 Å². The van der Waals surface area contributed by atoms with Gasteiger partial charge in [-0.25, -0.2) is 0 Å². The Morgan fingerprint density at radius 2 is 1.64 bits per heavy atom. The van der Waals surface area contributed by atoms with Crippen LogP contribution in [0.4, 0.5) is 0 Å². The van der Waals surface area contributed by atoms with Crippen molar-refractivity contribution in [2.24, 2.45) is 0 Å². The smallest absolute Gasteiger partial charge is 0.0160 e. The van der Waals surface area contributed by atoms with Crippen LogP contribution < -0.4 is 0 Å². The number of allylic oxidation sites excluding steroid dienone is 2. The third-order valence-corrected chi connectivity index (χ3v) is 1.10. The fourth-order valence-electron chi connectivity index (χ4n) is 0.572. The van der Waals surface area contributed by atoms with E-state index in [-0.39, 0.29) is 0 Å². The molecule has 0 aromatic rings. The van der Waals surface area contributed by atoms with Crippen LogP contribution in [0.2, 0.25) is 0 Å². The van der Waals surface area contributed by atoms with Gasteiger partial charge in [-0.15, -0.1) is 0 Å². The van der Waals surface area contributed by atoms with E-state index in [0.717, 1.165) is 6.54 Å². The minimum atomic E-state index is 0.998. The van der Waals surface area contributed by atoms with Gasteiger partial charge in [0.2, 0.25) is 0 Å². The summed E-state index contributed by atoms with van der Waals surface area (Å²) in [7, 11) is 8.13. The lowest BCUT2D eigenvalue weighted by Crippen LogP contribution is -2.10. The molecule has 0 bridgehead atoms. The normalized spacial score (nSPS) is 12.1. The molecule has 0 saturated carbocycles. The topological polar surface area (TPSA) is 6.48 Å². The Bertz CT molecular complexity index is 134.